The van der Waals surface area contributed by atoms with E-state index in [0.29, 0.717) is 39.2 Å². The summed E-state index contributed by atoms with van der Waals surface area (Å²) in [6, 6.07) is 27.2. The number of hydrogen-bond acceptors (Lipinski definition) is 11. The van der Waals surface area contributed by atoms with E-state index in [2.05, 4.69) is 10.2 Å². The first-order valence-electron chi connectivity index (χ1n) is 21.6. The van der Waals surface area contributed by atoms with Crippen molar-refractivity contribution in [3.05, 3.63) is 119 Å². The van der Waals surface area contributed by atoms with Crippen LogP contribution >= 0.6 is 22.9 Å². The fourth-order valence-electron chi connectivity index (χ4n) is 10.7. The van der Waals surface area contributed by atoms with Gasteiger partial charge in [-0.1, -0.05) is 35.4 Å². The molecule has 6 aromatic rings. The predicted octanol–water partition coefficient (Wildman–Crippen LogP) is 10.3. The van der Waals surface area contributed by atoms with Crippen molar-refractivity contribution in [1.82, 2.24) is 9.78 Å². The molecule has 2 aromatic heterocycles. The second kappa shape index (κ2) is 15.8. The molecule has 4 aromatic carbocycles. The number of carbonyl (C=O) groups is 4. The molecule has 2 aliphatic heterocycles. The molecule has 4 heterocycles. The highest BCUT2D eigenvalue weighted by Crippen LogP contribution is 2.65. The summed E-state index contributed by atoms with van der Waals surface area (Å²) in [4.78, 5) is 65.0. The molecule has 15 heteroatoms. The Kier molecular flexibility index (Phi) is 10.3. The second-order valence-electron chi connectivity index (χ2n) is 17.6. The first-order valence-corrected chi connectivity index (χ1v) is 22.8. The second-order valence-corrected chi connectivity index (χ2v) is 19.1. The third-order valence-corrected chi connectivity index (χ3v) is 15.4. The maximum atomic E-state index is 15.3. The lowest BCUT2D eigenvalue weighted by Crippen LogP contribution is -2.49. The van der Waals surface area contributed by atoms with E-state index in [-0.39, 0.29) is 42.8 Å². The minimum absolute atomic E-state index is 0.136. The number of para-hydroxylation sites is 1. The number of ether oxygens (including phenoxy) is 1. The fourth-order valence-corrected chi connectivity index (χ4v) is 12.0. The van der Waals surface area contributed by atoms with Crippen molar-refractivity contribution in [1.29, 1.82) is 0 Å². The molecule has 4 amide bonds. The number of rotatable bonds is 9. The van der Waals surface area contributed by atoms with E-state index in [1.165, 1.54) is 9.80 Å². The number of fused-ring (bicyclic) bond motifs is 5. The Morgan fingerprint density at radius 3 is 2.31 bits per heavy atom. The SMILES string of the molecule is CCOc1cccc([C@H]2C3=CC[C@@H]4C(=O)N(c5ccc(N=Nc6ccc(N(C)C)cc6)cc5)C(=O)[C@@H]4[C@@H]3C[C@H]3C(=O)N(c4cc(-c5sc6ccc(Cl)cc6c5C)nn4C)C(=O)[C@@]23C)c1O. The van der Waals surface area contributed by atoms with Gasteiger partial charge in [0, 0.05) is 54.1 Å². The third-order valence-electron chi connectivity index (χ3n) is 13.9. The third kappa shape index (κ3) is 6.59. The Hall–Kier alpha value is -6.64. The number of phenolic OH excluding ortho intramolecular Hbond substituents is 1. The summed E-state index contributed by atoms with van der Waals surface area (Å²) in [5, 5.41) is 27.1. The van der Waals surface area contributed by atoms with Crippen LogP contribution in [0.5, 0.6) is 11.5 Å². The number of aromatic hydroxyl groups is 1. The van der Waals surface area contributed by atoms with Crippen molar-refractivity contribution in [2.75, 3.05) is 35.4 Å². The van der Waals surface area contributed by atoms with Crippen LogP contribution in [0.15, 0.2) is 113 Å². The number of carbonyl (C=O) groups excluding carboxylic acids is 4. The zero-order valence-electron chi connectivity index (χ0n) is 36.7. The van der Waals surface area contributed by atoms with Crippen LogP contribution in [0.4, 0.5) is 28.6 Å². The number of anilines is 3. The van der Waals surface area contributed by atoms with E-state index in [4.69, 9.17) is 21.4 Å². The summed E-state index contributed by atoms with van der Waals surface area (Å²) < 4.78 is 8.43. The molecule has 10 rings (SSSR count). The summed E-state index contributed by atoms with van der Waals surface area (Å²) in [7, 11) is 5.64. The zero-order chi connectivity index (χ0) is 45.6. The molecule has 330 valence electrons. The lowest BCUT2D eigenvalue weighted by atomic mass is 9.51. The molecule has 4 aliphatic rings. The Morgan fingerprint density at radius 1 is 0.908 bits per heavy atom. The lowest BCUT2D eigenvalue weighted by molar-refractivity contribution is -0.131. The molecule has 13 nitrogen and oxygen atoms in total. The van der Waals surface area contributed by atoms with Gasteiger partial charge < -0.3 is 14.7 Å². The summed E-state index contributed by atoms with van der Waals surface area (Å²) >= 11 is 7.91. The zero-order valence-corrected chi connectivity index (χ0v) is 38.2. The summed E-state index contributed by atoms with van der Waals surface area (Å²) in [6.45, 7) is 5.90. The van der Waals surface area contributed by atoms with E-state index < -0.39 is 46.8 Å². The van der Waals surface area contributed by atoms with E-state index in [1.54, 1.807) is 78.5 Å². The van der Waals surface area contributed by atoms with Gasteiger partial charge in [-0.25, -0.2) is 4.90 Å². The Balaban J connectivity index is 1.01. The molecule has 6 atom stereocenters. The van der Waals surface area contributed by atoms with E-state index in [1.807, 2.05) is 81.4 Å². The molecule has 2 saturated heterocycles. The highest BCUT2D eigenvalue weighted by atomic mass is 35.5. The first kappa shape index (κ1) is 42.3. The quantitative estimate of drug-likeness (QED) is 0.0856. The average molecular weight is 908 g/mol. The van der Waals surface area contributed by atoms with Gasteiger partial charge in [0.1, 0.15) is 11.5 Å². The number of imide groups is 2. The number of nitrogens with zero attached hydrogens (tertiary/aromatic N) is 7. The Bertz CT molecular complexity index is 3030. The number of aromatic nitrogens is 2. The van der Waals surface area contributed by atoms with Gasteiger partial charge in [0.2, 0.25) is 23.6 Å². The van der Waals surface area contributed by atoms with Gasteiger partial charge in [-0.3, -0.25) is 28.8 Å². The number of phenols is 1. The van der Waals surface area contributed by atoms with Crippen molar-refractivity contribution in [3.8, 4) is 22.1 Å². The van der Waals surface area contributed by atoms with Crippen LogP contribution in [0.1, 0.15) is 43.7 Å². The monoisotopic (exact) mass is 907 g/mol. The molecule has 1 N–H and O–H groups in total. The van der Waals surface area contributed by atoms with Crippen LogP contribution in [-0.2, 0) is 26.2 Å². The average Bonchev–Trinajstić information content (AvgIpc) is 3.97. The topological polar surface area (TPSA) is 150 Å². The molecular weight excluding hydrogens is 862 g/mol. The van der Waals surface area contributed by atoms with Crippen molar-refractivity contribution in [2.24, 2.45) is 46.4 Å². The summed E-state index contributed by atoms with van der Waals surface area (Å²) in [5.74, 6) is -4.97. The lowest BCUT2D eigenvalue weighted by Gasteiger charge is -2.49. The minimum Gasteiger partial charge on any atom is -0.504 e. The van der Waals surface area contributed by atoms with Gasteiger partial charge in [0.15, 0.2) is 11.5 Å². The predicted molar refractivity (Wildman–Crippen MR) is 252 cm³/mol. The maximum absolute atomic E-state index is 15.3. The van der Waals surface area contributed by atoms with Gasteiger partial charge in [-0.15, -0.1) is 11.3 Å². The van der Waals surface area contributed by atoms with Crippen molar-refractivity contribution in [2.45, 2.75) is 39.5 Å². The summed E-state index contributed by atoms with van der Waals surface area (Å²) in [5.41, 5.74) is 4.04. The largest absolute Gasteiger partial charge is 0.504 e. The molecule has 1 saturated carbocycles. The molecule has 2 aliphatic carbocycles. The number of aryl methyl sites for hydroxylation is 2. The highest BCUT2D eigenvalue weighted by molar-refractivity contribution is 7.22. The van der Waals surface area contributed by atoms with Crippen LogP contribution in [0.25, 0.3) is 20.7 Å². The molecule has 3 fully saturated rings. The number of allylic oxidation sites excluding steroid dienone is 2. The standard InChI is InChI=1S/C50H46ClN7O6S/c1-7-64-39-10-8-9-34(44(39)59)43-32-20-21-33-42(48(62)57(46(33)60)31-18-14-29(15-19-31)53-52-28-12-16-30(17-13-28)55(4)5)36(32)24-37-47(61)58(49(63)50(37,43)3)41-25-38(54-56(41)6)45-26(2)35-23-27(51)11-22-40(35)65-45/h8-20,22-23,25,33,36-37,42-43,59H,7,21,24H2,1-6H3/t33-,36+,37-,42-,43+,50+/m0/s1. The van der Waals surface area contributed by atoms with Crippen molar-refractivity contribution >= 4 is 85.2 Å². The van der Waals surface area contributed by atoms with Gasteiger partial charge in [0.05, 0.1) is 51.7 Å². The van der Waals surface area contributed by atoms with E-state index >= 15 is 9.59 Å². The Labute approximate surface area is 384 Å². The summed E-state index contributed by atoms with van der Waals surface area (Å²) in [6.07, 6.45) is 2.36. The number of azo groups is 1. The molecule has 65 heavy (non-hydrogen) atoms. The number of amides is 4. The number of thiophene rings is 1. The number of hydrogen-bond donors (Lipinski definition) is 1. The van der Waals surface area contributed by atoms with Crippen LogP contribution in [0, 0.1) is 36.0 Å². The van der Waals surface area contributed by atoms with E-state index in [0.717, 1.165) is 31.8 Å². The normalized spacial score (nSPS) is 23.9. The van der Waals surface area contributed by atoms with Crippen LogP contribution in [-0.4, -0.2) is 59.2 Å². The van der Waals surface area contributed by atoms with Crippen LogP contribution in [0.3, 0.4) is 0 Å². The van der Waals surface area contributed by atoms with Crippen molar-refractivity contribution < 1.29 is 29.0 Å². The molecule has 0 unspecified atom stereocenters. The number of benzene rings is 4. The maximum Gasteiger partial charge on any atom is 0.242 e. The van der Waals surface area contributed by atoms with Crippen LogP contribution in [0.2, 0.25) is 5.02 Å². The van der Waals surface area contributed by atoms with Gasteiger partial charge in [0.25, 0.3) is 0 Å². The Morgan fingerprint density at radius 2 is 1.62 bits per heavy atom. The fraction of sp³-hybridized carbons (Fsp3) is 0.300. The van der Waals surface area contributed by atoms with Gasteiger partial charge in [-0.05, 0) is 123 Å². The van der Waals surface area contributed by atoms with Crippen LogP contribution < -0.4 is 19.4 Å². The molecule has 0 radical (unpaired) electrons. The van der Waals surface area contributed by atoms with Gasteiger partial charge in [-0.2, -0.15) is 15.3 Å². The molecular formula is C50H46ClN7O6S. The van der Waals surface area contributed by atoms with Crippen molar-refractivity contribution in [3.63, 3.8) is 0 Å². The minimum atomic E-state index is -1.40. The molecule has 0 bridgehead atoms. The smallest absolute Gasteiger partial charge is 0.242 e. The first-order chi connectivity index (χ1) is 31.2. The van der Waals surface area contributed by atoms with E-state index in [9.17, 15) is 14.7 Å². The number of halogens is 1. The highest BCUT2D eigenvalue weighted by Gasteiger charge is 2.68. The van der Waals surface area contributed by atoms with Gasteiger partial charge >= 0.3 is 0 Å². The molecule has 0 spiro atoms.